The Morgan fingerprint density at radius 3 is 2.35 bits per heavy atom. The van der Waals surface area contributed by atoms with Crippen LogP contribution in [0.2, 0.25) is 0 Å². The van der Waals surface area contributed by atoms with E-state index in [1.165, 1.54) is 0 Å². The molecular weight excluding hydrogens is 330 g/mol. The van der Waals surface area contributed by atoms with Crippen LogP contribution in [0.25, 0.3) is 10.9 Å². The molecular formula is C21H19NO4. The highest BCUT2D eigenvalue weighted by Crippen LogP contribution is 2.22. The number of carbonyl (C=O) groups is 3. The summed E-state index contributed by atoms with van der Waals surface area (Å²) in [5.41, 5.74) is 2.71. The van der Waals surface area contributed by atoms with Crippen LogP contribution in [-0.4, -0.2) is 29.1 Å². The molecule has 0 amide bonds. The van der Waals surface area contributed by atoms with Gasteiger partial charge in [-0.15, -0.1) is 0 Å². The lowest BCUT2D eigenvalue weighted by Crippen LogP contribution is -2.15. The van der Waals surface area contributed by atoms with Crippen molar-refractivity contribution in [1.82, 2.24) is 4.98 Å². The van der Waals surface area contributed by atoms with Crippen LogP contribution in [0.15, 0.2) is 54.6 Å². The Morgan fingerprint density at radius 2 is 1.58 bits per heavy atom. The number of esters is 1. The second kappa shape index (κ2) is 7.78. The predicted octanol–water partition coefficient (Wildman–Crippen LogP) is 3.87. The SMILES string of the molecule is Cc1[nH]c2ccccc2c1C(=O)COC(=O)CCC(=O)c1ccccc1. The van der Waals surface area contributed by atoms with Crippen LogP contribution in [-0.2, 0) is 9.53 Å². The molecule has 1 N–H and O–H groups in total. The number of ketones is 2. The maximum atomic E-state index is 12.4. The van der Waals surface area contributed by atoms with Crippen molar-refractivity contribution in [2.24, 2.45) is 0 Å². The van der Waals surface area contributed by atoms with Crippen LogP contribution in [0.4, 0.5) is 0 Å². The van der Waals surface area contributed by atoms with Gasteiger partial charge in [0.1, 0.15) is 0 Å². The number of aromatic amines is 1. The topological polar surface area (TPSA) is 76.2 Å². The first kappa shape index (κ1) is 17.6. The van der Waals surface area contributed by atoms with Crippen LogP contribution in [0.5, 0.6) is 0 Å². The summed E-state index contributed by atoms with van der Waals surface area (Å²) >= 11 is 0. The minimum absolute atomic E-state index is 0.0477. The summed E-state index contributed by atoms with van der Waals surface area (Å²) in [7, 11) is 0. The number of H-pyrrole nitrogens is 1. The van der Waals surface area contributed by atoms with Crippen molar-refractivity contribution in [3.8, 4) is 0 Å². The van der Waals surface area contributed by atoms with Gasteiger partial charge in [0.2, 0.25) is 5.78 Å². The van der Waals surface area contributed by atoms with Gasteiger partial charge in [0, 0.05) is 34.1 Å². The van der Waals surface area contributed by atoms with E-state index in [0.717, 1.165) is 16.6 Å². The third kappa shape index (κ3) is 3.88. The van der Waals surface area contributed by atoms with Crippen molar-refractivity contribution in [1.29, 1.82) is 0 Å². The zero-order chi connectivity index (χ0) is 18.5. The minimum atomic E-state index is -0.555. The van der Waals surface area contributed by atoms with Crippen molar-refractivity contribution in [2.75, 3.05) is 6.61 Å². The monoisotopic (exact) mass is 349 g/mol. The molecule has 0 atom stereocenters. The van der Waals surface area contributed by atoms with Gasteiger partial charge in [-0.3, -0.25) is 14.4 Å². The Morgan fingerprint density at radius 1 is 0.885 bits per heavy atom. The van der Waals surface area contributed by atoms with Gasteiger partial charge in [-0.25, -0.2) is 0 Å². The summed E-state index contributed by atoms with van der Waals surface area (Å²) in [6, 6.07) is 16.3. The fraction of sp³-hybridized carbons (Fsp3) is 0.190. The number of aryl methyl sites for hydroxylation is 1. The molecule has 3 rings (SSSR count). The molecule has 0 aliphatic rings. The molecule has 0 aliphatic carbocycles. The number of rotatable bonds is 7. The number of aromatic nitrogens is 1. The van der Waals surface area contributed by atoms with E-state index in [4.69, 9.17) is 4.74 Å². The first-order valence-corrected chi connectivity index (χ1v) is 8.40. The third-order valence-electron chi connectivity index (χ3n) is 4.19. The van der Waals surface area contributed by atoms with Gasteiger partial charge in [-0.05, 0) is 13.0 Å². The molecule has 1 aromatic heterocycles. The summed E-state index contributed by atoms with van der Waals surface area (Å²) in [4.78, 5) is 39.4. The number of ether oxygens (including phenoxy) is 1. The Kier molecular flexibility index (Phi) is 5.27. The Bertz CT molecular complexity index is 957. The molecule has 0 fully saturated rings. The number of carbonyl (C=O) groups excluding carboxylic acids is 3. The molecule has 26 heavy (non-hydrogen) atoms. The number of nitrogens with one attached hydrogen (secondary N) is 1. The first-order valence-electron chi connectivity index (χ1n) is 8.40. The van der Waals surface area contributed by atoms with Gasteiger partial charge in [-0.2, -0.15) is 0 Å². The standard InChI is InChI=1S/C21H19NO4/c1-14-21(16-9-5-6-10-17(16)22-14)19(24)13-26-20(25)12-11-18(23)15-7-3-2-4-8-15/h2-10,22H,11-13H2,1H3. The van der Waals surface area contributed by atoms with E-state index in [1.54, 1.807) is 24.3 Å². The predicted molar refractivity (Wildman–Crippen MR) is 98.3 cm³/mol. The molecule has 0 aliphatic heterocycles. The number of hydrogen-bond donors (Lipinski definition) is 1. The van der Waals surface area contributed by atoms with E-state index in [-0.39, 0.29) is 31.0 Å². The molecule has 132 valence electrons. The molecule has 2 aromatic carbocycles. The summed E-state index contributed by atoms with van der Waals surface area (Å²) < 4.78 is 5.06. The molecule has 3 aromatic rings. The number of Topliss-reactive ketones (excluding diaryl/α,β-unsaturated/α-hetero) is 2. The van der Waals surface area contributed by atoms with Gasteiger partial charge < -0.3 is 9.72 Å². The number of para-hydroxylation sites is 1. The van der Waals surface area contributed by atoms with Crippen molar-refractivity contribution >= 4 is 28.4 Å². The summed E-state index contributed by atoms with van der Waals surface area (Å²) in [5, 5.41) is 0.810. The maximum absolute atomic E-state index is 12.4. The normalized spacial score (nSPS) is 10.7. The van der Waals surface area contributed by atoms with E-state index >= 15 is 0 Å². The molecule has 5 heteroatoms. The van der Waals surface area contributed by atoms with E-state index in [2.05, 4.69) is 4.98 Å². The van der Waals surface area contributed by atoms with Crippen LogP contribution in [0, 0.1) is 6.92 Å². The molecule has 0 saturated heterocycles. The van der Waals surface area contributed by atoms with Crippen LogP contribution < -0.4 is 0 Å². The summed E-state index contributed by atoms with van der Waals surface area (Å²) in [6.07, 6.45) is 0.0109. The van der Waals surface area contributed by atoms with Crippen LogP contribution in [0.1, 0.15) is 39.3 Å². The second-order valence-corrected chi connectivity index (χ2v) is 6.04. The number of hydrogen-bond acceptors (Lipinski definition) is 4. The van der Waals surface area contributed by atoms with Crippen molar-refractivity contribution in [3.63, 3.8) is 0 Å². The highest BCUT2D eigenvalue weighted by Gasteiger charge is 2.18. The molecule has 0 unspecified atom stereocenters. The van der Waals surface area contributed by atoms with E-state index in [0.29, 0.717) is 11.1 Å². The Hall–Kier alpha value is -3.21. The van der Waals surface area contributed by atoms with Crippen molar-refractivity contribution in [3.05, 3.63) is 71.4 Å². The van der Waals surface area contributed by atoms with Crippen LogP contribution >= 0.6 is 0 Å². The van der Waals surface area contributed by atoms with Gasteiger partial charge in [0.05, 0.1) is 6.42 Å². The fourth-order valence-corrected chi connectivity index (χ4v) is 2.91. The average Bonchev–Trinajstić information content (AvgIpc) is 3.00. The molecule has 0 bridgehead atoms. The highest BCUT2D eigenvalue weighted by molar-refractivity contribution is 6.10. The van der Waals surface area contributed by atoms with E-state index in [1.807, 2.05) is 37.3 Å². The lowest BCUT2D eigenvalue weighted by Gasteiger charge is -2.05. The molecule has 0 saturated carbocycles. The van der Waals surface area contributed by atoms with E-state index < -0.39 is 5.97 Å². The molecule has 0 spiro atoms. The fourth-order valence-electron chi connectivity index (χ4n) is 2.91. The molecule has 5 nitrogen and oxygen atoms in total. The summed E-state index contributed by atoms with van der Waals surface area (Å²) in [6.45, 7) is 1.48. The third-order valence-corrected chi connectivity index (χ3v) is 4.19. The highest BCUT2D eigenvalue weighted by atomic mass is 16.5. The van der Waals surface area contributed by atoms with Crippen molar-refractivity contribution in [2.45, 2.75) is 19.8 Å². The lowest BCUT2D eigenvalue weighted by atomic mass is 10.1. The van der Waals surface area contributed by atoms with Gasteiger partial charge in [0.15, 0.2) is 12.4 Å². The number of fused-ring (bicyclic) bond motifs is 1. The largest absolute Gasteiger partial charge is 0.457 e. The minimum Gasteiger partial charge on any atom is -0.457 e. The smallest absolute Gasteiger partial charge is 0.306 e. The lowest BCUT2D eigenvalue weighted by molar-refractivity contribution is -0.142. The van der Waals surface area contributed by atoms with Gasteiger partial charge >= 0.3 is 5.97 Å². The second-order valence-electron chi connectivity index (χ2n) is 6.04. The average molecular weight is 349 g/mol. The first-order chi connectivity index (χ1) is 12.6. The van der Waals surface area contributed by atoms with Crippen LogP contribution in [0.3, 0.4) is 0 Å². The maximum Gasteiger partial charge on any atom is 0.306 e. The summed E-state index contributed by atoms with van der Waals surface area (Å²) in [5.74, 6) is -0.941. The Labute approximate surface area is 151 Å². The quantitative estimate of drug-likeness (QED) is 0.519. The molecule has 0 radical (unpaired) electrons. The number of benzene rings is 2. The Balaban J connectivity index is 1.55. The zero-order valence-electron chi connectivity index (χ0n) is 14.5. The van der Waals surface area contributed by atoms with Gasteiger partial charge in [0.25, 0.3) is 0 Å². The van der Waals surface area contributed by atoms with Crippen molar-refractivity contribution < 1.29 is 19.1 Å². The van der Waals surface area contributed by atoms with Gasteiger partial charge in [-0.1, -0.05) is 48.5 Å². The van der Waals surface area contributed by atoms with E-state index in [9.17, 15) is 14.4 Å². The zero-order valence-corrected chi connectivity index (χ0v) is 14.5. The molecule has 1 heterocycles.